The summed E-state index contributed by atoms with van der Waals surface area (Å²) in [5.41, 5.74) is 6.54. The smallest absolute Gasteiger partial charge is 0.119 e. The lowest BCUT2D eigenvalue weighted by Gasteiger charge is -2.15. The van der Waals surface area contributed by atoms with Gasteiger partial charge in [0.05, 0.1) is 0 Å². The molecule has 0 bridgehead atoms. The Bertz CT molecular complexity index is 539. The first-order chi connectivity index (χ1) is 8.13. The van der Waals surface area contributed by atoms with E-state index in [0.29, 0.717) is 17.3 Å². The molecular weight excluding hydrogens is 234 g/mol. The molecule has 0 radical (unpaired) electrons. The molecule has 0 aliphatic carbocycles. The number of aromatic hydroxyl groups is 1. The fourth-order valence-electron chi connectivity index (χ4n) is 2.23. The second-order valence-electron chi connectivity index (χ2n) is 4.34. The van der Waals surface area contributed by atoms with Gasteiger partial charge in [-0.1, -0.05) is 30.7 Å². The number of benzene rings is 2. The number of nitrogens with two attached hydrogens (primary N) is 1. The Labute approximate surface area is 106 Å². The summed E-state index contributed by atoms with van der Waals surface area (Å²) in [6.45, 7) is 2.69. The molecule has 0 saturated heterocycles. The van der Waals surface area contributed by atoms with Gasteiger partial charge in [-0.05, 0) is 47.9 Å². The Morgan fingerprint density at radius 1 is 1.29 bits per heavy atom. The van der Waals surface area contributed by atoms with Gasteiger partial charge >= 0.3 is 0 Å². The molecule has 3 N–H and O–H groups in total. The lowest BCUT2D eigenvalue weighted by molar-refractivity contribution is 0.462. The third-order valence-corrected chi connectivity index (χ3v) is 3.33. The van der Waals surface area contributed by atoms with E-state index in [1.807, 2.05) is 24.3 Å². The molecule has 90 valence electrons. The fourth-order valence-corrected chi connectivity index (χ4v) is 2.41. The molecule has 0 amide bonds. The standard InChI is InChI=1S/C14H16ClNO/c1-9(6-7-16)14-12-4-3-11(15)8-10(12)2-5-13(14)17/h2-5,8-9,17H,6-7,16H2,1H3. The van der Waals surface area contributed by atoms with Crippen LogP contribution >= 0.6 is 11.6 Å². The summed E-state index contributed by atoms with van der Waals surface area (Å²) in [6.07, 6.45) is 0.856. The molecule has 0 aliphatic rings. The molecule has 0 aromatic heterocycles. The first-order valence-corrected chi connectivity index (χ1v) is 6.12. The van der Waals surface area contributed by atoms with Crippen molar-refractivity contribution in [2.24, 2.45) is 5.73 Å². The zero-order valence-corrected chi connectivity index (χ0v) is 10.5. The van der Waals surface area contributed by atoms with Gasteiger partial charge in [-0.15, -0.1) is 0 Å². The van der Waals surface area contributed by atoms with Crippen LogP contribution in [0.1, 0.15) is 24.8 Å². The number of rotatable bonds is 3. The molecule has 2 rings (SSSR count). The molecule has 0 spiro atoms. The minimum Gasteiger partial charge on any atom is -0.508 e. The second kappa shape index (κ2) is 4.94. The van der Waals surface area contributed by atoms with Crippen molar-refractivity contribution in [2.45, 2.75) is 19.3 Å². The number of phenolic OH excluding ortho intramolecular Hbond substituents is 1. The number of fused-ring (bicyclic) bond motifs is 1. The van der Waals surface area contributed by atoms with Crippen LogP contribution in [0.5, 0.6) is 5.75 Å². The molecule has 1 unspecified atom stereocenters. The third-order valence-electron chi connectivity index (χ3n) is 3.09. The van der Waals surface area contributed by atoms with E-state index in [9.17, 15) is 5.11 Å². The summed E-state index contributed by atoms with van der Waals surface area (Å²) in [4.78, 5) is 0. The summed E-state index contributed by atoms with van der Waals surface area (Å²) in [5.74, 6) is 0.575. The molecule has 0 saturated carbocycles. The van der Waals surface area contributed by atoms with Gasteiger partial charge in [0.25, 0.3) is 0 Å². The van der Waals surface area contributed by atoms with E-state index in [0.717, 1.165) is 22.8 Å². The highest BCUT2D eigenvalue weighted by Crippen LogP contribution is 2.35. The van der Waals surface area contributed by atoms with E-state index in [1.165, 1.54) is 0 Å². The number of hydrogen-bond acceptors (Lipinski definition) is 2. The molecule has 0 heterocycles. The SMILES string of the molecule is CC(CCN)c1c(O)ccc2cc(Cl)ccc12. The van der Waals surface area contributed by atoms with Crippen molar-refractivity contribution in [3.8, 4) is 5.75 Å². The van der Waals surface area contributed by atoms with Crippen molar-refractivity contribution < 1.29 is 5.11 Å². The largest absolute Gasteiger partial charge is 0.508 e. The van der Waals surface area contributed by atoms with Gasteiger partial charge < -0.3 is 10.8 Å². The monoisotopic (exact) mass is 249 g/mol. The summed E-state index contributed by atoms with van der Waals surface area (Å²) in [5, 5.41) is 12.8. The molecule has 17 heavy (non-hydrogen) atoms. The van der Waals surface area contributed by atoms with Crippen molar-refractivity contribution in [3.05, 3.63) is 40.9 Å². The number of hydrogen-bond donors (Lipinski definition) is 2. The maximum Gasteiger partial charge on any atom is 0.119 e. The molecule has 1 atom stereocenters. The molecular formula is C14H16ClNO. The Hall–Kier alpha value is -1.25. The average molecular weight is 250 g/mol. The van der Waals surface area contributed by atoms with E-state index >= 15 is 0 Å². The minimum absolute atomic E-state index is 0.241. The lowest BCUT2D eigenvalue weighted by atomic mass is 9.91. The van der Waals surface area contributed by atoms with Crippen LogP contribution in [0.3, 0.4) is 0 Å². The molecule has 0 fully saturated rings. The van der Waals surface area contributed by atoms with Crippen LogP contribution in [0.15, 0.2) is 30.3 Å². The Morgan fingerprint density at radius 3 is 2.76 bits per heavy atom. The quantitative estimate of drug-likeness (QED) is 0.872. The Balaban J connectivity index is 2.63. The molecule has 2 aromatic carbocycles. The molecule has 2 nitrogen and oxygen atoms in total. The molecule has 0 aliphatic heterocycles. The highest BCUT2D eigenvalue weighted by Gasteiger charge is 2.13. The van der Waals surface area contributed by atoms with E-state index in [-0.39, 0.29) is 5.92 Å². The van der Waals surface area contributed by atoms with Crippen LogP contribution in [-0.4, -0.2) is 11.7 Å². The summed E-state index contributed by atoms with van der Waals surface area (Å²) in [7, 11) is 0. The average Bonchev–Trinajstić information content (AvgIpc) is 2.29. The van der Waals surface area contributed by atoms with E-state index in [2.05, 4.69) is 6.92 Å². The highest BCUT2D eigenvalue weighted by molar-refractivity contribution is 6.31. The van der Waals surface area contributed by atoms with Crippen LogP contribution in [0, 0.1) is 0 Å². The molecule has 2 aromatic rings. The van der Waals surface area contributed by atoms with Gasteiger partial charge in [0.2, 0.25) is 0 Å². The van der Waals surface area contributed by atoms with E-state index in [4.69, 9.17) is 17.3 Å². The van der Waals surface area contributed by atoms with Crippen LogP contribution in [-0.2, 0) is 0 Å². The summed E-state index contributed by atoms with van der Waals surface area (Å²) in [6, 6.07) is 9.33. The van der Waals surface area contributed by atoms with Crippen molar-refractivity contribution >= 4 is 22.4 Å². The second-order valence-corrected chi connectivity index (χ2v) is 4.78. The highest BCUT2D eigenvalue weighted by atomic mass is 35.5. The summed E-state index contributed by atoms with van der Waals surface area (Å²) < 4.78 is 0. The fraction of sp³-hybridized carbons (Fsp3) is 0.286. The third kappa shape index (κ3) is 2.38. The minimum atomic E-state index is 0.241. The van der Waals surface area contributed by atoms with Gasteiger partial charge in [-0.2, -0.15) is 0 Å². The molecule has 3 heteroatoms. The first-order valence-electron chi connectivity index (χ1n) is 5.74. The van der Waals surface area contributed by atoms with Crippen LogP contribution in [0.4, 0.5) is 0 Å². The van der Waals surface area contributed by atoms with Gasteiger partial charge in [-0.3, -0.25) is 0 Å². The van der Waals surface area contributed by atoms with E-state index < -0.39 is 0 Å². The normalized spacial score (nSPS) is 12.9. The van der Waals surface area contributed by atoms with Gasteiger partial charge in [0, 0.05) is 10.6 Å². The van der Waals surface area contributed by atoms with Gasteiger partial charge in [0.15, 0.2) is 0 Å². The first kappa shape index (κ1) is 12.2. The maximum absolute atomic E-state index is 10.0. The Kier molecular flexibility index (Phi) is 3.55. The Morgan fingerprint density at radius 2 is 2.06 bits per heavy atom. The number of phenols is 1. The topological polar surface area (TPSA) is 46.2 Å². The van der Waals surface area contributed by atoms with E-state index in [1.54, 1.807) is 6.07 Å². The van der Waals surface area contributed by atoms with Gasteiger partial charge in [0.1, 0.15) is 5.75 Å². The lowest BCUT2D eigenvalue weighted by Crippen LogP contribution is -2.05. The zero-order valence-electron chi connectivity index (χ0n) is 9.78. The van der Waals surface area contributed by atoms with Gasteiger partial charge in [-0.25, -0.2) is 0 Å². The predicted octanol–water partition coefficient (Wildman–Crippen LogP) is 3.65. The number of halogens is 1. The zero-order chi connectivity index (χ0) is 12.4. The predicted molar refractivity (Wildman–Crippen MR) is 72.7 cm³/mol. The van der Waals surface area contributed by atoms with Crippen LogP contribution in [0.25, 0.3) is 10.8 Å². The van der Waals surface area contributed by atoms with Crippen molar-refractivity contribution in [1.29, 1.82) is 0 Å². The maximum atomic E-state index is 10.0. The van der Waals surface area contributed by atoms with Crippen molar-refractivity contribution in [3.63, 3.8) is 0 Å². The van der Waals surface area contributed by atoms with Crippen LogP contribution < -0.4 is 5.73 Å². The van der Waals surface area contributed by atoms with Crippen molar-refractivity contribution in [1.82, 2.24) is 0 Å². The van der Waals surface area contributed by atoms with Crippen LogP contribution in [0.2, 0.25) is 5.02 Å². The summed E-state index contributed by atoms with van der Waals surface area (Å²) >= 11 is 5.97. The van der Waals surface area contributed by atoms with Crippen molar-refractivity contribution in [2.75, 3.05) is 6.54 Å².